The summed E-state index contributed by atoms with van der Waals surface area (Å²) in [5, 5.41) is 0. The van der Waals surface area contributed by atoms with Crippen molar-refractivity contribution >= 4 is 0 Å². The lowest BCUT2D eigenvalue weighted by Gasteiger charge is -2.19. The van der Waals surface area contributed by atoms with Crippen LogP contribution in [0.25, 0.3) is 0 Å². The maximum atomic E-state index is 13.6. The minimum absolute atomic E-state index is 0.489. The van der Waals surface area contributed by atoms with Gasteiger partial charge in [0, 0.05) is 5.56 Å². The number of hydrogen-bond donors (Lipinski definition) is 1. The third-order valence-electron chi connectivity index (χ3n) is 2.96. The molecule has 2 rings (SSSR count). The summed E-state index contributed by atoms with van der Waals surface area (Å²) in [6.45, 7) is 0. The Morgan fingerprint density at radius 3 is 2.00 bits per heavy atom. The molecule has 0 saturated carbocycles. The first kappa shape index (κ1) is 15.4. The number of alkyl halides is 3. The maximum Gasteiger partial charge on any atom is 0.416 e. The van der Waals surface area contributed by atoms with Crippen LogP contribution in [0.2, 0.25) is 0 Å². The van der Waals surface area contributed by atoms with Crippen LogP contribution >= 0.6 is 0 Å². The number of halogens is 6. The van der Waals surface area contributed by atoms with Crippen LogP contribution in [-0.2, 0) is 6.18 Å². The van der Waals surface area contributed by atoms with Crippen molar-refractivity contribution in [3.05, 3.63) is 70.5 Å². The van der Waals surface area contributed by atoms with Crippen molar-refractivity contribution in [2.45, 2.75) is 12.2 Å². The second kappa shape index (κ2) is 5.40. The summed E-state index contributed by atoms with van der Waals surface area (Å²) in [6.07, 6.45) is -4.82. The largest absolute Gasteiger partial charge is 0.416 e. The molecular formula is C14H9F6N. The first-order valence-corrected chi connectivity index (χ1v) is 5.78. The van der Waals surface area contributed by atoms with Gasteiger partial charge in [0.25, 0.3) is 0 Å². The summed E-state index contributed by atoms with van der Waals surface area (Å²) in [5.74, 6) is -3.18. The lowest BCUT2D eigenvalue weighted by molar-refractivity contribution is -0.138. The molecule has 0 amide bonds. The van der Waals surface area contributed by atoms with E-state index in [2.05, 4.69) is 0 Å². The van der Waals surface area contributed by atoms with E-state index in [0.717, 1.165) is 18.2 Å². The van der Waals surface area contributed by atoms with Gasteiger partial charge in [0.2, 0.25) is 0 Å². The van der Waals surface area contributed by atoms with Crippen LogP contribution in [0.4, 0.5) is 26.3 Å². The highest BCUT2D eigenvalue weighted by molar-refractivity contribution is 5.40. The van der Waals surface area contributed by atoms with Crippen LogP contribution in [0, 0.1) is 17.5 Å². The molecule has 0 radical (unpaired) electrons. The Balaban J connectivity index is 2.63. The minimum Gasteiger partial charge on any atom is -0.320 e. The van der Waals surface area contributed by atoms with Gasteiger partial charge in [-0.3, -0.25) is 0 Å². The predicted molar refractivity (Wildman–Crippen MR) is 63.8 cm³/mol. The zero-order chi connectivity index (χ0) is 15.8. The molecule has 2 aromatic carbocycles. The molecule has 0 fully saturated rings. The average Bonchev–Trinajstić information content (AvgIpc) is 2.36. The Labute approximate surface area is 116 Å². The van der Waals surface area contributed by atoms with Crippen molar-refractivity contribution in [3.63, 3.8) is 0 Å². The van der Waals surface area contributed by atoms with Gasteiger partial charge in [-0.15, -0.1) is 0 Å². The van der Waals surface area contributed by atoms with E-state index in [1.807, 2.05) is 0 Å². The number of benzene rings is 2. The van der Waals surface area contributed by atoms with Gasteiger partial charge in [-0.25, -0.2) is 13.2 Å². The zero-order valence-corrected chi connectivity index (χ0v) is 10.4. The first-order valence-electron chi connectivity index (χ1n) is 5.78. The van der Waals surface area contributed by atoms with Gasteiger partial charge in [0.05, 0.1) is 11.6 Å². The quantitative estimate of drug-likeness (QED) is 0.828. The SMILES string of the molecule is NC(c1cc(F)ccc1C(F)(F)F)c1c(F)cccc1F. The monoisotopic (exact) mass is 305 g/mol. The molecule has 2 aromatic rings. The average molecular weight is 305 g/mol. The Hall–Kier alpha value is -2.02. The Morgan fingerprint density at radius 2 is 1.48 bits per heavy atom. The van der Waals surface area contributed by atoms with E-state index in [9.17, 15) is 26.3 Å². The molecule has 0 spiro atoms. The Morgan fingerprint density at radius 1 is 0.905 bits per heavy atom. The fraction of sp³-hybridized carbons (Fsp3) is 0.143. The van der Waals surface area contributed by atoms with E-state index >= 15 is 0 Å². The minimum atomic E-state index is -4.82. The van der Waals surface area contributed by atoms with Crippen molar-refractivity contribution in [1.82, 2.24) is 0 Å². The second-order valence-electron chi connectivity index (χ2n) is 4.34. The third-order valence-corrected chi connectivity index (χ3v) is 2.96. The fourth-order valence-corrected chi connectivity index (χ4v) is 2.01. The lowest BCUT2D eigenvalue weighted by Crippen LogP contribution is -2.21. The summed E-state index contributed by atoms with van der Waals surface area (Å²) < 4.78 is 79.1. The van der Waals surface area contributed by atoms with Gasteiger partial charge in [-0.1, -0.05) is 6.07 Å². The van der Waals surface area contributed by atoms with E-state index in [1.54, 1.807) is 0 Å². The van der Waals surface area contributed by atoms with Gasteiger partial charge in [-0.05, 0) is 35.9 Å². The molecular weight excluding hydrogens is 296 g/mol. The number of nitrogens with two attached hydrogens (primary N) is 1. The van der Waals surface area contributed by atoms with Crippen molar-refractivity contribution < 1.29 is 26.3 Å². The molecule has 0 aliphatic carbocycles. The molecule has 1 nitrogen and oxygen atoms in total. The molecule has 1 atom stereocenters. The highest BCUT2D eigenvalue weighted by Gasteiger charge is 2.36. The molecule has 0 aliphatic rings. The van der Waals surface area contributed by atoms with Crippen LogP contribution in [0.1, 0.15) is 22.7 Å². The van der Waals surface area contributed by atoms with Crippen LogP contribution in [-0.4, -0.2) is 0 Å². The van der Waals surface area contributed by atoms with Gasteiger partial charge in [0.15, 0.2) is 0 Å². The zero-order valence-electron chi connectivity index (χ0n) is 10.4. The smallest absolute Gasteiger partial charge is 0.320 e. The highest BCUT2D eigenvalue weighted by Crippen LogP contribution is 2.37. The van der Waals surface area contributed by atoms with Crippen molar-refractivity contribution in [3.8, 4) is 0 Å². The van der Waals surface area contributed by atoms with E-state index in [1.165, 1.54) is 0 Å². The molecule has 0 heterocycles. The summed E-state index contributed by atoms with van der Waals surface area (Å²) in [4.78, 5) is 0. The van der Waals surface area contributed by atoms with Gasteiger partial charge < -0.3 is 5.73 Å². The highest BCUT2D eigenvalue weighted by atomic mass is 19.4. The number of hydrogen-bond acceptors (Lipinski definition) is 1. The van der Waals surface area contributed by atoms with Gasteiger partial charge in [-0.2, -0.15) is 13.2 Å². The van der Waals surface area contributed by atoms with Gasteiger partial charge in [0.1, 0.15) is 17.5 Å². The van der Waals surface area contributed by atoms with Crippen LogP contribution in [0.3, 0.4) is 0 Å². The molecule has 0 aromatic heterocycles. The van der Waals surface area contributed by atoms with E-state index < -0.39 is 46.4 Å². The maximum absolute atomic E-state index is 13.6. The molecule has 21 heavy (non-hydrogen) atoms. The standard InChI is InChI=1S/C14H9F6N/c15-7-4-5-9(14(18,19)20)8(6-7)13(21)12-10(16)2-1-3-11(12)17/h1-6,13H,21H2. The molecule has 0 saturated heterocycles. The molecule has 7 heteroatoms. The van der Waals surface area contributed by atoms with Crippen LogP contribution in [0.5, 0.6) is 0 Å². The molecule has 1 unspecified atom stereocenters. The first-order chi connectivity index (χ1) is 9.71. The van der Waals surface area contributed by atoms with Crippen LogP contribution < -0.4 is 5.73 Å². The van der Waals surface area contributed by atoms with Crippen LogP contribution in [0.15, 0.2) is 36.4 Å². The lowest BCUT2D eigenvalue weighted by atomic mass is 9.94. The predicted octanol–water partition coefficient (Wildman–Crippen LogP) is 4.17. The number of rotatable bonds is 2. The van der Waals surface area contributed by atoms with Crippen molar-refractivity contribution in [2.75, 3.05) is 0 Å². The second-order valence-corrected chi connectivity index (χ2v) is 4.34. The van der Waals surface area contributed by atoms with E-state index in [0.29, 0.717) is 18.2 Å². The van der Waals surface area contributed by atoms with E-state index in [-0.39, 0.29) is 0 Å². The topological polar surface area (TPSA) is 26.0 Å². The molecule has 2 N–H and O–H groups in total. The summed E-state index contributed by atoms with van der Waals surface area (Å²) in [7, 11) is 0. The fourth-order valence-electron chi connectivity index (χ4n) is 2.01. The van der Waals surface area contributed by atoms with E-state index in [4.69, 9.17) is 5.73 Å². The third kappa shape index (κ3) is 3.02. The van der Waals surface area contributed by atoms with Crippen molar-refractivity contribution in [2.24, 2.45) is 5.73 Å². The molecule has 112 valence electrons. The normalized spacial score (nSPS) is 13.3. The molecule has 0 bridgehead atoms. The summed E-state index contributed by atoms with van der Waals surface area (Å²) in [5.41, 5.74) is 2.83. The van der Waals surface area contributed by atoms with Crippen molar-refractivity contribution in [1.29, 1.82) is 0 Å². The summed E-state index contributed by atoms with van der Waals surface area (Å²) >= 11 is 0. The Kier molecular flexibility index (Phi) is 3.95. The Bertz CT molecular complexity index is 645. The van der Waals surface area contributed by atoms with Gasteiger partial charge >= 0.3 is 6.18 Å². The molecule has 0 aliphatic heterocycles. The summed E-state index contributed by atoms with van der Waals surface area (Å²) in [6, 6.07) is 2.63.